The Kier molecular flexibility index (Phi) is 4.89. The van der Waals surface area contributed by atoms with Crippen molar-refractivity contribution in [3.8, 4) is 0 Å². The van der Waals surface area contributed by atoms with Gasteiger partial charge in [0.25, 0.3) is 0 Å². The zero-order valence-corrected chi connectivity index (χ0v) is 10.1. The van der Waals surface area contributed by atoms with E-state index in [-0.39, 0.29) is 11.4 Å². The maximum Gasteiger partial charge on any atom is 0.305 e. The molecule has 0 saturated carbocycles. The fourth-order valence-corrected chi connectivity index (χ4v) is 1.62. The van der Waals surface area contributed by atoms with E-state index in [0.29, 0.717) is 26.2 Å². The van der Waals surface area contributed by atoms with Crippen molar-refractivity contribution in [3.05, 3.63) is 0 Å². The lowest BCUT2D eigenvalue weighted by atomic mass is 9.90. The van der Waals surface area contributed by atoms with Crippen LogP contribution in [-0.4, -0.2) is 31.1 Å². The number of carbonyl (C=O) groups excluding carboxylic acids is 1. The quantitative estimate of drug-likeness (QED) is 0.419. The lowest BCUT2D eigenvalue weighted by Crippen LogP contribution is -2.44. The number of alkyl halides is 1. The first kappa shape index (κ1) is 12.0. The van der Waals surface area contributed by atoms with Gasteiger partial charge in [0.1, 0.15) is 6.61 Å². The summed E-state index contributed by atoms with van der Waals surface area (Å²) in [6, 6.07) is 0. The van der Waals surface area contributed by atoms with E-state index in [2.05, 4.69) is 22.9 Å². The van der Waals surface area contributed by atoms with Crippen LogP contribution in [0.2, 0.25) is 0 Å². The second-order valence-corrected chi connectivity index (χ2v) is 4.90. The first-order chi connectivity index (χ1) is 6.66. The van der Waals surface area contributed by atoms with Crippen LogP contribution in [0.3, 0.4) is 0 Å². The molecule has 0 aromatic rings. The van der Waals surface area contributed by atoms with Gasteiger partial charge in [-0.15, -0.1) is 0 Å². The Balaban J connectivity index is 2.03. The van der Waals surface area contributed by atoms with Crippen molar-refractivity contribution in [2.75, 3.05) is 25.2 Å². The van der Waals surface area contributed by atoms with Gasteiger partial charge in [-0.25, -0.2) is 0 Å². The Morgan fingerprint density at radius 2 is 2.21 bits per heavy atom. The third kappa shape index (κ3) is 3.96. The molecule has 1 saturated heterocycles. The molecule has 0 amide bonds. The largest absolute Gasteiger partial charge is 0.465 e. The molecular weight excluding hydrogens is 248 g/mol. The van der Waals surface area contributed by atoms with Gasteiger partial charge in [0, 0.05) is 17.2 Å². The van der Waals surface area contributed by atoms with Crippen molar-refractivity contribution >= 4 is 21.9 Å². The van der Waals surface area contributed by atoms with Gasteiger partial charge in [0.2, 0.25) is 0 Å². The van der Waals surface area contributed by atoms with Crippen LogP contribution in [0.5, 0.6) is 0 Å². The number of halogens is 1. The molecule has 3 nitrogen and oxygen atoms in total. The number of ether oxygens (including phenoxy) is 2. The van der Waals surface area contributed by atoms with Crippen LogP contribution < -0.4 is 0 Å². The number of hydrogen-bond acceptors (Lipinski definition) is 3. The van der Waals surface area contributed by atoms with Crippen LogP contribution in [0.15, 0.2) is 0 Å². The molecule has 0 bridgehead atoms. The standard InChI is InChI=1S/C10H17BrO3/c1-10(6-13-7-10)8-14-9(12)4-2-3-5-11/h2-8H2,1H3. The fourth-order valence-electron chi connectivity index (χ4n) is 1.22. The van der Waals surface area contributed by atoms with Gasteiger partial charge in [0.15, 0.2) is 0 Å². The molecule has 0 radical (unpaired) electrons. The summed E-state index contributed by atoms with van der Waals surface area (Å²) in [6.07, 6.45) is 2.45. The smallest absolute Gasteiger partial charge is 0.305 e. The Morgan fingerprint density at radius 3 is 2.71 bits per heavy atom. The highest BCUT2D eigenvalue weighted by atomic mass is 79.9. The molecule has 0 aromatic heterocycles. The zero-order valence-electron chi connectivity index (χ0n) is 8.55. The van der Waals surface area contributed by atoms with Gasteiger partial charge in [-0.3, -0.25) is 4.79 Å². The van der Waals surface area contributed by atoms with Gasteiger partial charge in [0.05, 0.1) is 13.2 Å². The van der Waals surface area contributed by atoms with Crippen LogP contribution in [0.1, 0.15) is 26.2 Å². The second-order valence-electron chi connectivity index (χ2n) is 4.11. The molecule has 0 aliphatic carbocycles. The molecule has 0 atom stereocenters. The first-order valence-electron chi connectivity index (χ1n) is 4.96. The number of rotatable bonds is 6. The molecular formula is C10H17BrO3. The third-order valence-electron chi connectivity index (χ3n) is 2.25. The average Bonchev–Trinajstić information content (AvgIpc) is 2.12. The summed E-state index contributed by atoms with van der Waals surface area (Å²) >= 11 is 3.32. The highest BCUT2D eigenvalue weighted by Gasteiger charge is 2.34. The maximum atomic E-state index is 11.2. The minimum absolute atomic E-state index is 0.0745. The van der Waals surface area contributed by atoms with Crippen LogP contribution in [0.4, 0.5) is 0 Å². The van der Waals surface area contributed by atoms with Crippen LogP contribution in [0, 0.1) is 5.41 Å². The molecule has 1 fully saturated rings. The van der Waals surface area contributed by atoms with Crippen LogP contribution in [-0.2, 0) is 14.3 Å². The van der Waals surface area contributed by atoms with E-state index in [1.54, 1.807) is 0 Å². The minimum atomic E-state index is -0.0842. The topological polar surface area (TPSA) is 35.5 Å². The van der Waals surface area contributed by atoms with E-state index in [1.807, 2.05) is 0 Å². The molecule has 1 aliphatic rings. The van der Waals surface area contributed by atoms with E-state index in [9.17, 15) is 4.79 Å². The highest BCUT2D eigenvalue weighted by molar-refractivity contribution is 9.09. The molecule has 1 rings (SSSR count). The predicted octanol–water partition coefficient (Wildman–Crippen LogP) is 2.13. The summed E-state index contributed by atoms with van der Waals surface area (Å²) < 4.78 is 10.2. The average molecular weight is 265 g/mol. The lowest BCUT2D eigenvalue weighted by molar-refractivity contribution is -0.165. The lowest BCUT2D eigenvalue weighted by Gasteiger charge is -2.37. The van der Waals surface area contributed by atoms with Crippen molar-refractivity contribution in [2.24, 2.45) is 5.41 Å². The van der Waals surface area contributed by atoms with Crippen molar-refractivity contribution in [3.63, 3.8) is 0 Å². The normalized spacial score (nSPS) is 18.7. The first-order valence-corrected chi connectivity index (χ1v) is 6.08. The molecule has 1 aliphatic heterocycles. The van der Waals surface area contributed by atoms with E-state index in [1.165, 1.54) is 0 Å². The van der Waals surface area contributed by atoms with Gasteiger partial charge in [-0.2, -0.15) is 0 Å². The zero-order chi connectivity index (χ0) is 10.4. The van der Waals surface area contributed by atoms with E-state index in [0.717, 1.165) is 18.2 Å². The van der Waals surface area contributed by atoms with Crippen molar-refractivity contribution in [2.45, 2.75) is 26.2 Å². The Hall–Kier alpha value is -0.0900. The molecule has 0 aromatic carbocycles. The molecule has 0 unspecified atom stereocenters. The Morgan fingerprint density at radius 1 is 1.50 bits per heavy atom. The van der Waals surface area contributed by atoms with Gasteiger partial charge in [-0.05, 0) is 12.8 Å². The highest BCUT2D eigenvalue weighted by Crippen LogP contribution is 2.26. The van der Waals surface area contributed by atoms with Gasteiger partial charge in [-0.1, -0.05) is 22.9 Å². The predicted molar refractivity (Wildman–Crippen MR) is 57.5 cm³/mol. The summed E-state index contributed by atoms with van der Waals surface area (Å²) in [5, 5.41) is 0.950. The molecule has 82 valence electrons. The SMILES string of the molecule is CC1(COC(=O)CCCCBr)COC1. The van der Waals surface area contributed by atoms with E-state index >= 15 is 0 Å². The summed E-state index contributed by atoms with van der Waals surface area (Å²) in [5.41, 5.74) is 0.0745. The number of hydrogen-bond donors (Lipinski definition) is 0. The molecule has 0 spiro atoms. The molecule has 14 heavy (non-hydrogen) atoms. The fraction of sp³-hybridized carbons (Fsp3) is 0.900. The molecule has 0 N–H and O–H groups in total. The number of esters is 1. The summed E-state index contributed by atoms with van der Waals surface area (Å²) in [5.74, 6) is -0.0842. The van der Waals surface area contributed by atoms with E-state index < -0.39 is 0 Å². The van der Waals surface area contributed by atoms with Crippen LogP contribution >= 0.6 is 15.9 Å². The van der Waals surface area contributed by atoms with Crippen LogP contribution in [0.25, 0.3) is 0 Å². The monoisotopic (exact) mass is 264 g/mol. The molecule has 1 heterocycles. The molecule has 4 heteroatoms. The van der Waals surface area contributed by atoms with Crippen molar-refractivity contribution in [1.82, 2.24) is 0 Å². The Labute approximate surface area is 93.3 Å². The number of carbonyl (C=O) groups is 1. The summed E-state index contributed by atoms with van der Waals surface area (Å²) in [6.45, 7) is 3.99. The van der Waals surface area contributed by atoms with Gasteiger partial charge < -0.3 is 9.47 Å². The van der Waals surface area contributed by atoms with Gasteiger partial charge >= 0.3 is 5.97 Å². The number of unbranched alkanes of at least 4 members (excludes halogenated alkanes) is 1. The van der Waals surface area contributed by atoms with E-state index in [4.69, 9.17) is 9.47 Å². The van der Waals surface area contributed by atoms with Crippen molar-refractivity contribution in [1.29, 1.82) is 0 Å². The minimum Gasteiger partial charge on any atom is -0.465 e. The Bertz CT molecular complexity index is 190. The summed E-state index contributed by atoms with van der Waals surface area (Å²) in [7, 11) is 0. The summed E-state index contributed by atoms with van der Waals surface area (Å²) in [4.78, 5) is 11.2. The second kappa shape index (κ2) is 5.71. The maximum absolute atomic E-state index is 11.2. The van der Waals surface area contributed by atoms with Crippen molar-refractivity contribution < 1.29 is 14.3 Å². The third-order valence-corrected chi connectivity index (χ3v) is 2.81.